The van der Waals surface area contributed by atoms with Crippen molar-refractivity contribution in [1.82, 2.24) is 0 Å². The maximum atomic E-state index is 13.4. The second kappa shape index (κ2) is 8.92. The number of hydrogen-bond acceptors (Lipinski definition) is 3. The molecule has 0 aliphatic carbocycles. The molecule has 0 aromatic carbocycles. The zero-order valence-corrected chi connectivity index (χ0v) is 14.9. The monoisotopic (exact) mass is 422 g/mol. The number of carbonyl (C=O) groups is 1. The Morgan fingerprint density at radius 3 is 1.85 bits per heavy atom. The molecule has 0 aliphatic heterocycles. The van der Waals surface area contributed by atoms with Crippen LogP contribution in [0, 0.1) is 5.92 Å². The van der Waals surface area contributed by atoms with E-state index in [-0.39, 0.29) is 18.1 Å². The summed E-state index contributed by atoms with van der Waals surface area (Å²) in [5.74, 6) is -20.0. The molecule has 0 saturated heterocycles. The van der Waals surface area contributed by atoms with Crippen molar-refractivity contribution in [2.45, 2.75) is 62.3 Å². The van der Waals surface area contributed by atoms with Gasteiger partial charge < -0.3 is 4.74 Å². The van der Waals surface area contributed by atoms with Gasteiger partial charge in [-0.1, -0.05) is 13.8 Å². The second-order valence-electron chi connectivity index (χ2n) is 5.97. The first-order valence-electron chi connectivity index (χ1n) is 7.41. The first kappa shape index (κ1) is 25.2. The number of methoxy groups -OCH3 is 1. The molecule has 156 valence electrons. The molecule has 0 bridgehead atoms. The van der Waals surface area contributed by atoms with E-state index in [1.54, 1.807) is 13.8 Å². The predicted molar refractivity (Wildman–Crippen MR) is 77.8 cm³/mol. The summed E-state index contributed by atoms with van der Waals surface area (Å²) in [6.07, 6.45) is -9.22. The van der Waals surface area contributed by atoms with Crippen molar-refractivity contribution in [3.8, 4) is 0 Å². The molecule has 1 atom stereocenters. The van der Waals surface area contributed by atoms with Crippen LogP contribution < -0.4 is 0 Å². The average Bonchev–Trinajstić information content (AvgIpc) is 2.47. The molecule has 0 N–H and O–H groups in total. The average molecular weight is 422 g/mol. The zero-order chi connectivity index (χ0) is 21.0. The van der Waals surface area contributed by atoms with Crippen LogP contribution in [0.15, 0.2) is 0 Å². The molecule has 0 saturated carbocycles. The molecule has 0 rings (SSSR count). The van der Waals surface area contributed by atoms with Gasteiger partial charge in [0.15, 0.2) is 0 Å². The molecule has 0 aromatic heterocycles. The Bertz CT molecular complexity index is 464. The molecular weight excluding hydrogens is 403 g/mol. The highest BCUT2D eigenvalue weighted by molar-refractivity contribution is 8.00. The summed E-state index contributed by atoms with van der Waals surface area (Å²) in [7, 11) is 1.09. The van der Waals surface area contributed by atoms with Gasteiger partial charge in [-0.05, 0) is 24.5 Å². The number of alkyl halides is 9. The van der Waals surface area contributed by atoms with Crippen LogP contribution in [0.3, 0.4) is 0 Å². The van der Waals surface area contributed by atoms with Gasteiger partial charge in [0, 0.05) is 6.42 Å². The predicted octanol–water partition coefficient (Wildman–Crippen LogP) is 5.56. The summed E-state index contributed by atoms with van der Waals surface area (Å²) in [6, 6.07) is 0. The van der Waals surface area contributed by atoms with Gasteiger partial charge in [-0.15, -0.1) is 11.8 Å². The molecular formula is C14H19F9O2S. The first-order valence-corrected chi connectivity index (χ1v) is 8.45. The number of carbonyl (C=O) groups excluding carboxylic acids is 1. The van der Waals surface area contributed by atoms with Gasteiger partial charge in [-0.3, -0.25) is 4.79 Å². The van der Waals surface area contributed by atoms with Gasteiger partial charge in [0.2, 0.25) is 0 Å². The molecule has 12 heteroatoms. The standard InChI is InChI=1S/C14H19F9O2S/c1-8(2)7-9(10(24)25-3)26-6-4-5-11(15,16)12(17,18)13(19,20)14(21,22)23/h8-9H,4-7H2,1-3H3. The summed E-state index contributed by atoms with van der Waals surface area (Å²) in [5, 5.41) is -0.786. The smallest absolute Gasteiger partial charge is 0.460 e. The maximum Gasteiger partial charge on any atom is 0.460 e. The van der Waals surface area contributed by atoms with Crippen molar-refractivity contribution in [2.24, 2.45) is 5.92 Å². The normalized spacial score (nSPS) is 15.3. The van der Waals surface area contributed by atoms with Crippen LogP contribution in [-0.2, 0) is 9.53 Å². The van der Waals surface area contributed by atoms with Gasteiger partial charge >= 0.3 is 29.9 Å². The van der Waals surface area contributed by atoms with Gasteiger partial charge in [-0.2, -0.15) is 39.5 Å². The molecule has 0 aromatic rings. The third kappa shape index (κ3) is 5.85. The fourth-order valence-corrected chi connectivity index (χ4v) is 3.23. The lowest BCUT2D eigenvalue weighted by Gasteiger charge is -2.33. The van der Waals surface area contributed by atoms with Crippen LogP contribution in [0.1, 0.15) is 33.1 Å². The van der Waals surface area contributed by atoms with E-state index < -0.39 is 48.0 Å². The van der Waals surface area contributed by atoms with Crippen LogP contribution in [0.2, 0.25) is 0 Å². The number of thioether (sulfide) groups is 1. The van der Waals surface area contributed by atoms with E-state index in [1.165, 1.54) is 0 Å². The van der Waals surface area contributed by atoms with Crippen molar-refractivity contribution in [3.05, 3.63) is 0 Å². The quantitative estimate of drug-likeness (QED) is 0.262. The number of esters is 1. The van der Waals surface area contributed by atoms with Gasteiger partial charge in [0.1, 0.15) is 5.25 Å². The lowest BCUT2D eigenvalue weighted by molar-refractivity contribution is -0.396. The minimum Gasteiger partial charge on any atom is -0.468 e. The number of rotatable bonds is 10. The molecule has 0 fully saturated rings. The summed E-state index contributed by atoms with van der Waals surface area (Å²) in [4.78, 5) is 11.5. The van der Waals surface area contributed by atoms with Gasteiger partial charge in [-0.25, -0.2) is 0 Å². The topological polar surface area (TPSA) is 26.3 Å². The summed E-state index contributed by atoms with van der Waals surface area (Å²) in [6.45, 7) is 3.51. The van der Waals surface area contributed by atoms with Crippen LogP contribution in [0.5, 0.6) is 0 Å². The Morgan fingerprint density at radius 1 is 0.962 bits per heavy atom. The highest BCUT2D eigenvalue weighted by atomic mass is 32.2. The van der Waals surface area contributed by atoms with Crippen molar-refractivity contribution in [1.29, 1.82) is 0 Å². The Morgan fingerprint density at radius 2 is 1.46 bits per heavy atom. The minimum absolute atomic E-state index is 0.0165. The Hall–Kier alpha value is -0.810. The van der Waals surface area contributed by atoms with E-state index in [2.05, 4.69) is 4.74 Å². The fraction of sp³-hybridized carbons (Fsp3) is 0.929. The summed E-state index contributed by atoms with van der Waals surface area (Å²) in [5.41, 5.74) is 0. The molecule has 26 heavy (non-hydrogen) atoms. The number of ether oxygens (including phenoxy) is 1. The maximum absolute atomic E-state index is 13.4. The number of hydrogen-bond donors (Lipinski definition) is 0. The largest absolute Gasteiger partial charge is 0.468 e. The molecule has 0 amide bonds. The number of halogens is 9. The van der Waals surface area contributed by atoms with Crippen molar-refractivity contribution in [3.63, 3.8) is 0 Å². The zero-order valence-electron chi connectivity index (χ0n) is 14.1. The van der Waals surface area contributed by atoms with Gasteiger partial charge in [0.05, 0.1) is 7.11 Å². The summed E-state index contributed by atoms with van der Waals surface area (Å²) >= 11 is 0.784. The highest BCUT2D eigenvalue weighted by Crippen LogP contribution is 2.54. The van der Waals surface area contributed by atoms with Crippen molar-refractivity contribution < 1.29 is 49.0 Å². The molecule has 0 heterocycles. The molecule has 0 aliphatic rings. The Labute approximate surface area is 148 Å². The fourth-order valence-electron chi connectivity index (χ4n) is 1.88. The lowest BCUT2D eigenvalue weighted by atomic mass is 10.00. The Balaban J connectivity index is 4.90. The van der Waals surface area contributed by atoms with Crippen LogP contribution >= 0.6 is 11.8 Å². The van der Waals surface area contributed by atoms with Gasteiger partial charge in [0.25, 0.3) is 0 Å². The van der Waals surface area contributed by atoms with E-state index in [1.807, 2.05) is 0 Å². The lowest BCUT2D eigenvalue weighted by Crippen LogP contribution is -2.60. The summed E-state index contributed by atoms with van der Waals surface area (Å²) < 4.78 is 119. The van der Waals surface area contributed by atoms with E-state index >= 15 is 0 Å². The molecule has 0 spiro atoms. The van der Waals surface area contributed by atoms with E-state index in [0.29, 0.717) is 0 Å². The van der Waals surface area contributed by atoms with E-state index in [9.17, 15) is 44.3 Å². The van der Waals surface area contributed by atoms with Crippen LogP contribution in [0.25, 0.3) is 0 Å². The van der Waals surface area contributed by atoms with Crippen LogP contribution in [0.4, 0.5) is 39.5 Å². The van der Waals surface area contributed by atoms with E-state index in [4.69, 9.17) is 0 Å². The third-order valence-electron chi connectivity index (χ3n) is 3.31. The Kier molecular flexibility index (Phi) is 8.64. The minimum atomic E-state index is -6.87. The highest BCUT2D eigenvalue weighted by Gasteiger charge is 2.81. The van der Waals surface area contributed by atoms with Crippen molar-refractivity contribution in [2.75, 3.05) is 12.9 Å². The van der Waals surface area contributed by atoms with Crippen molar-refractivity contribution >= 4 is 17.7 Å². The molecule has 0 radical (unpaired) electrons. The third-order valence-corrected chi connectivity index (χ3v) is 4.63. The SMILES string of the molecule is COC(=O)C(CC(C)C)SCCCC(F)(F)C(F)(F)C(F)(F)C(F)(F)F. The second-order valence-corrected chi connectivity index (χ2v) is 7.28. The van der Waals surface area contributed by atoms with E-state index in [0.717, 1.165) is 18.9 Å². The van der Waals surface area contributed by atoms with Crippen LogP contribution in [-0.4, -0.2) is 48.0 Å². The first-order chi connectivity index (χ1) is 11.5. The molecule has 2 nitrogen and oxygen atoms in total. The molecule has 1 unspecified atom stereocenters.